The summed E-state index contributed by atoms with van der Waals surface area (Å²) in [5.74, 6) is -0.0808. The molecule has 5 heteroatoms. The number of nitrogens with one attached hydrogen (secondary N) is 2. The number of carbonyl (C=O) groups is 1. The third kappa shape index (κ3) is 4.07. The molecule has 22 heavy (non-hydrogen) atoms. The number of benzene rings is 1. The van der Waals surface area contributed by atoms with E-state index in [-0.39, 0.29) is 10.7 Å². The Morgan fingerprint density at radius 3 is 2.41 bits per heavy atom. The lowest BCUT2D eigenvalue weighted by molar-refractivity contribution is 0.0943. The van der Waals surface area contributed by atoms with Crippen molar-refractivity contribution in [1.29, 1.82) is 0 Å². The standard InChI is InChI=1S/C17H23N3OS/c1-17(2,22)11-19-16(21)15-9-13(10-20(15)4)12-5-7-14(18-3)8-6-12/h5-10,18,22H,11H2,1-4H3,(H,19,21). The molecule has 0 atom stereocenters. The first-order valence-corrected chi connectivity index (χ1v) is 7.70. The first-order valence-electron chi connectivity index (χ1n) is 7.25. The minimum Gasteiger partial charge on any atom is -0.388 e. The average molecular weight is 317 g/mol. The zero-order valence-corrected chi connectivity index (χ0v) is 14.4. The molecule has 0 aliphatic heterocycles. The van der Waals surface area contributed by atoms with Crippen LogP contribution in [0.15, 0.2) is 36.5 Å². The summed E-state index contributed by atoms with van der Waals surface area (Å²) in [6, 6.07) is 10.0. The van der Waals surface area contributed by atoms with Crippen LogP contribution in [0.2, 0.25) is 0 Å². The van der Waals surface area contributed by atoms with Gasteiger partial charge in [-0.1, -0.05) is 12.1 Å². The predicted molar refractivity (Wildman–Crippen MR) is 95.8 cm³/mol. The highest BCUT2D eigenvalue weighted by molar-refractivity contribution is 7.81. The maximum atomic E-state index is 12.3. The van der Waals surface area contributed by atoms with Crippen LogP contribution in [0.25, 0.3) is 11.1 Å². The monoisotopic (exact) mass is 317 g/mol. The molecule has 0 bridgehead atoms. The molecular weight excluding hydrogens is 294 g/mol. The molecule has 0 spiro atoms. The fourth-order valence-corrected chi connectivity index (χ4v) is 2.24. The van der Waals surface area contributed by atoms with E-state index in [2.05, 4.69) is 23.3 Å². The minimum atomic E-state index is -0.230. The lowest BCUT2D eigenvalue weighted by Crippen LogP contribution is -2.35. The molecule has 0 aliphatic rings. The first-order chi connectivity index (χ1) is 10.3. The molecule has 0 saturated heterocycles. The third-order valence-electron chi connectivity index (χ3n) is 3.43. The molecule has 0 radical (unpaired) electrons. The number of thiol groups is 1. The Morgan fingerprint density at radius 1 is 1.23 bits per heavy atom. The topological polar surface area (TPSA) is 46.1 Å². The number of anilines is 1. The molecule has 0 fully saturated rings. The minimum absolute atomic E-state index is 0.0808. The molecule has 0 aliphatic carbocycles. The van der Waals surface area contributed by atoms with Crippen LogP contribution >= 0.6 is 12.6 Å². The molecule has 0 unspecified atom stereocenters. The Kier molecular flexibility index (Phi) is 4.86. The highest BCUT2D eigenvalue weighted by Gasteiger charge is 2.16. The van der Waals surface area contributed by atoms with E-state index >= 15 is 0 Å². The van der Waals surface area contributed by atoms with Gasteiger partial charge < -0.3 is 15.2 Å². The first kappa shape index (κ1) is 16.5. The van der Waals surface area contributed by atoms with Crippen molar-refractivity contribution in [3.63, 3.8) is 0 Å². The number of aryl methyl sites for hydroxylation is 1. The van der Waals surface area contributed by atoms with E-state index in [4.69, 9.17) is 0 Å². The van der Waals surface area contributed by atoms with Gasteiger partial charge in [-0.2, -0.15) is 12.6 Å². The van der Waals surface area contributed by atoms with Gasteiger partial charge in [0.25, 0.3) is 5.91 Å². The van der Waals surface area contributed by atoms with Crippen molar-refractivity contribution in [3.05, 3.63) is 42.2 Å². The summed E-state index contributed by atoms with van der Waals surface area (Å²) in [5, 5.41) is 6.01. The lowest BCUT2D eigenvalue weighted by Gasteiger charge is -2.17. The van der Waals surface area contributed by atoms with Crippen LogP contribution in [0.1, 0.15) is 24.3 Å². The van der Waals surface area contributed by atoms with Crippen molar-refractivity contribution in [2.24, 2.45) is 7.05 Å². The van der Waals surface area contributed by atoms with Crippen molar-refractivity contribution in [1.82, 2.24) is 9.88 Å². The third-order valence-corrected chi connectivity index (χ3v) is 3.58. The van der Waals surface area contributed by atoms with Crippen LogP contribution in [0, 0.1) is 0 Å². The van der Waals surface area contributed by atoms with Crippen molar-refractivity contribution in [2.75, 3.05) is 18.9 Å². The van der Waals surface area contributed by atoms with Crippen LogP contribution in [-0.2, 0) is 7.05 Å². The van der Waals surface area contributed by atoms with Crippen molar-refractivity contribution in [2.45, 2.75) is 18.6 Å². The average Bonchev–Trinajstić information content (AvgIpc) is 2.86. The van der Waals surface area contributed by atoms with Crippen LogP contribution in [0.3, 0.4) is 0 Å². The molecular formula is C17H23N3OS. The Balaban J connectivity index is 2.18. The van der Waals surface area contributed by atoms with Gasteiger partial charge in [0.05, 0.1) is 0 Å². The number of hydrogen-bond donors (Lipinski definition) is 3. The van der Waals surface area contributed by atoms with Gasteiger partial charge in [-0.15, -0.1) is 0 Å². The summed E-state index contributed by atoms with van der Waals surface area (Å²) in [7, 11) is 3.77. The summed E-state index contributed by atoms with van der Waals surface area (Å²) in [4.78, 5) is 12.3. The predicted octanol–water partition coefficient (Wildman–Crippen LogP) is 3.17. The van der Waals surface area contributed by atoms with Gasteiger partial charge in [0.2, 0.25) is 0 Å². The molecule has 1 amide bonds. The summed E-state index contributed by atoms with van der Waals surface area (Å²) >= 11 is 4.42. The number of hydrogen-bond acceptors (Lipinski definition) is 3. The van der Waals surface area contributed by atoms with Gasteiger partial charge in [0.15, 0.2) is 0 Å². The van der Waals surface area contributed by atoms with Crippen LogP contribution in [0.4, 0.5) is 5.69 Å². The molecule has 2 rings (SSSR count). The number of amides is 1. The normalized spacial score (nSPS) is 11.3. The van der Waals surface area contributed by atoms with Crippen LogP contribution < -0.4 is 10.6 Å². The Morgan fingerprint density at radius 2 is 1.86 bits per heavy atom. The maximum absolute atomic E-state index is 12.3. The van der Waals surface area contributed by atoms with Crippen LogP contribution in [0.5, 0.6) is 0 Å². The fraction of sp³-hybridized carbons (Fsp3) is 0.353. The summed E-state index contributed by atoms with van der Waals surface area (Å²) < 4.78 is 1.62. The molecule has 2 aromatic rings. The number of carbonyl (C=O) groups excluding carboxylic acids is 1. The summed E-state index contributed by atoms with van der Waals surface area (Å²) in [6.07, 6.45) is 1.97. The van der Waals surface area contributed by atoms with Gasteiger partial charge in [-0.05, 0) is 37.6 Å². The highest BCUT2D eigenvalue weighted by atomic mass is 32.1. The zero-order valence-electron chi connectivity index (χ0n) is 13.5. The molecule has 4 nitrogen and oxygen atoms in total. The molecule has 2 N–H and O–H groups in total. The van der Waals surface area contributed by atoms with Gasteiger partial charge in [0, 0.05) is 42.8 Å². The van der Waals surface area contributed by atoms with Crippen molar-refractivity contribution < 1.29 is 4.79 Å². The highest BCUT2D eigenvalue weighted by Crippen LogP contribution is 2.23. The number of nitrogens with zero attached hydrogens (tertiary/aromatic N) is 1. The molecule has 1 aromatic heterocycles. The Labute approximate surface area is 137 Å². The smallest absolute Gasteiger partial charge is 0.267 e. The van der Waals surface area contributed by atoms with E-state index in [9.17, 15) is 4.79 Å². The Hall–Kier alpha value is -1.88. The van der Waals surface area contributed by atoms with Gasteiger partial charge in [-0.3, -0.25) is 4.79 Å². The quantitative estimate of drug-likeness (QED) is 0.742. The van der Waals surface area contributed by atoms with E-state index in [1.165, 1.54) is 0 Å². The second-order valence-electron chi connectivity index (χ2n) is 6.05. The number of rotatable bonds is 5. The fourth-order valence-electron chi connectivity index (χ4n) is 2.16. The number of aromatic nitrogens is 1. The molecule has 1 aromatic carbocycles. The second kappa shape index (κ2) is 6.48. The largest absolute Gasteiger partial charge is 0.388 e. The van der Waals surface area contributed by atoms with E-state index in [0.717, 1.165) is 16.8 Å². The zero-order chi connectivity index (χ0) is 16.3. The van der Waals surface area contributed by atoms with E-state index in [1.807, 2.05) is 69.0 Å². The van der Waals surface area contributed by atoms with Crippen molar-refractivity contribution in [3.8, 4) is 11.1 Å². The molecule has 0 saturated carbocycles. The molecule has 118 valence electrons. The van der Waals surface area contributed by atoms with Crippen molar-refractivity contribution >= 4 is 24.2 Å². The Bertz CT molecular complexity index is 654. The van der Waals surface area contributed by atoms with E-state index < -0.39 is 0 Å². The maximum Gasteiger partial charge on any atom is 0.267 e. The summed E-state index contributed by atoms with van der Waals surface area (Å²) in [6.45, 7) is 4.46. The van der Waals surface area contributed by atoms with Gasteiger partial charge in [0.1, 0.15) is 5.69 Å². The SMILES string of the molecule is CNc1ccc(-c2cc(C(=O)NCC(C)(C)S)n(C)c2)cc1. The van der Waals surface area contributed by atoms with Crippen LogP contribution in [-0.4, -0.2) is 28.8 Å². The summed E-state index contributed by atoms with van der Waals surface area (Å²) in [5.41, 5.74) is 3.82. The molecule has 1 heterocycles. The lowest BCUT2D eigenvalue weighted by atomic mass is 10.1. The van der Waals surface area contributed by atoms with Gasteiger partial charge >= 0.3 is 0 Å². The second-order valence-corrected chi connectivity index (χ2v) is 7.26. The van der Waals surface area contributed by atoms with E-state index in [0.29, 0.717) is 12.2 Å². The van der Waals surface area contributed by atoms with E-state index in [1.54, 1.807) is 0 Å². The van der Waals surface area contributed by atoms with Gasteiger partial charge in [-0.25, -0.2) is 0 Å².